The van der Waals surface area contributed by atoms with Gasteiger partial charge in [0.25, 0.3) is 0 Å². The van der Waals surface area contributed by atoms with Gasteiger partial charge in [-0.2, -0.15) is 8.42 Å². The number of hydrogen-bond donors (Lipinski definition) is 0. The minimum absolute atomic E-state index is 0. The van der Waals surface area contributed by atoms with Gasteiger partial charge in [-0.25, -0.2) is 0 Å². The largest absolute Gasteiger partial charge is 2.00 e. The van der Waals surface area contributed by atoms with Crippen LogP contribution in [0.15, 0.2) is 0 Å². The fourth-order valence-electron chi connectivity index (χ4n) is 0. The quantitative estimate of drug-likeness (QED) is 0.318. The minimum atomic E-state index is -3.11. The summed E-state index contributed by atoms with van der Waals surface area (Å²) in [6.07, 6.45) is 0. The molecule has 0 unspecified atom stereocenters. The van der Waals surface area contributed by atoms with Gasteiger partial charge >= 0.3 is 49.3 Å². The third-order valence-electron chi connectivity index (χ3n) is 0. The molecule has 0 rings (SSSR count). The Balaban J connectivity index is -0.0000000575. The Bertz CT molecular complexity index is 78.4. The predicted molar refractivity (Wildman–Crippen MR) is 24.4 cm³/mol. The molecular formula is CaO5S2. The van der Waals surface area contributed by atoms with Gasteiger partial charge in [-0.05, 0) is 0 Å². The van der Waals surface area contributed by atoms with Crippen LogP contribution >= 0.6 is 0 Å². The Morgan fingerprint density at radius 3 is 1.25 bits per heavy atom. The van der Waals surface area contributed by atoms with Crippen molar-refractivity contribution in [1.29, 1.82) is 0 Å². The molecule has 0 aliphatic rings. The van der Waals surface area contributed by atoms with E-state index in [0.717, 1.165) is 0 Å². The zero-order valence-electron chi connectivity index (χ0n) is 3.56. The first-order valence-electron chi connectivity index (χ1n) is 0.833. The molecule has 0 heterocycles. The van der Waals surface area contributed by atoms with Gasteiger partial charge < -0.3 is 9.11 Å². The normalized spacial score (nSPS) is 5.88. The average molecular weight is 184 g/mol. The van der Waals surface area contributed by atoms with Crippen LogP contribution in [-0.4, -0.2) is 59.5 Å². The van der Waals surface area contributed by atoms with Crippen LogP contribution in [0.25, 0.3) is 0 Å². The summed E-state index contributed by atoms with van der Waals surface area (Å²) in [6, 6.07) is 0. The molecule has 0 radical (unpaired) electrons. The van der Waals surface area contributed by atoms with E-state index < -0.39 is 22.9 Å². The smallest absolute Gasteiger partial charge is 0.784 e. The van der Waals surface area contributed by atoms with Crippen molar-refractivity contribution in [2.24, 2.45) is 0 Å². The van der Waals surface area contributed by atoms with Crippen molar-refractivity contribution in [1.82, 2.24) is 0 Å². The van der Waals surface area contributed by atoms with Crippen molar-refractivity contribution in [3.8, 4) is 0 Å². The zero-order valence-corrected chi connectivity index (χ0v) is 7.41. The maximum absolute atomic E-state index is 8.44. The van der Waals surface area contributed by atoms with E-state index in [2.05, 4.69) is 0 Å². The molecule has 8 heteroatoms. The molecule has 0 aromatic rings. The average Bonchev–Trinajstić information content (AvgIpc) is 1.33. The van der Waals surface area contributed by atoms with Gasteiger partial charge in [-0.3, -0.25) is 4.21 Å². The van der Waals surface area contributed by atoms with E-state index in [4.69, 9.17) is 21.7 Å². The minimum Gasteiger partial charge on any atom is -0.784 e. The number of hydrogen-bond acceptors (Lipinski definition) is 5. The Labute approximate surface area is 81.6 Å². The Morgan fingerprint density at radius 2 is 1.25 bits per heavy atom. The van der Waals surface area contributed by atoms with Gasteiger partial charge in [0.05, 0.1) is 0 Å². The zero-order chi connectivity index (χ0) is 6.28. The van der Waals surface area contributed by atoms with Crippen molar-refractivity contribution in [2.75, 3.05) is 0 Å². The molecule has 44 valence electrons. The van der Waals surface area contributed by atoms with Crippen LogP contribution in [0.4, 0.5) is 0 Å². The molecule has 0 aromatic heterocycles. The van der Waals surface area contributed by atoms with Crippen molar-refractivity contribution in [2.45, 2.75) is 0 Å². The SMILES string of the molecule is O=S([O-])[O-].O=S=O.[Ca+2]. The topological polar surface area (TPSA) is 97.3 Å². The van der Waals surface area contributed by atoms with Crippen LogP contribution in [-0.2, 0) is 22.9 Å². The van der Waals surface area contributed by atoms with Gasteiger partial charge in [0.2, 0.25) is 0 Å². The van der Waals surface area contributed by atoms with Gasteiger partial charge in [-0.15, -0.1) is 11.4 Å². The Kier molecular flexibility index (Phi) is 31.6. The van der Waals surface area contributed by atoms with Crippen molar-refractivity contribution in [3.05, 3.63) is 0 Å². The van der Waals surface area contributed by atoms with E-state index in [1.54, 1.807) is 0 Å². The number of rotatable bonds is 0. The molecule has 0 fully saturated rings. The first kappa shape index (κ1) is 16.1. The molecule has 0 aromatic carbocycles. The molecule has 0 N–H and O–H groups in total. The first-order valence-corrected chi connectivity index (χ1v) is 2.50. The van der Waals surface area contributed by atoms with E-state index in [-0.39, 0.29) is 37.7 Å². The van der Waals surface area contributed by atoms with Crippen LogP contribution in [0.2, 0.25) is 0 Å². The van der Waals surface area contributed by atoms with E-state index in [1.165, 1.54) is 0 Å². The maximum Gasteiger partial charge on any atom is 2.00 e. The summed E-state index contributed by atoms with van der Waals surface area (Å²) in [5.74, 6) is 0. The van der Waals surface area contributed by atoms with E-state index >= 15 is 0 Å². The monoisotopic (exact) mass is 184 g/mol. The summed E-state index contributed by atoms with van der Waals surface area (Å²) < 4.78 is 41.9. The molecular weight excluding hydrogens is 184 g/mol. The van der Waals surface area contributed by atoms with E-state index in [1.807, 2.05) is 0 Å². The Hall–Kier alpha value is 1.15. The third-order valence-corrected chi connectivity index (χ3v) is 0. The molecule has 5 nitrogen and oxygen atoms in total. The molecule has 0 aliphatic heterocycles. The molecule has 0 spiro atoms. The van der Waals surface area contributed by atoms with Gasteiger partial charge in [0, 0.05) is 0 Å². The van der Waals surface area contributed by atoms with Crippen molar-refractivity contribution in [3.63, 3.8) is 0 Å². The fraction of sp³-hybridized carbons (Fsp3) is 0. The van der Waals surface area contributed by atoms with Crippen LogP contribution in [0.5, 0.6) is 0 Å². The molecule has 0 amide bonds. The molecule has 8 heavy (non-hydrogen) atoms. The maximum atomic E-state index is 8.44. The second kappa shape index (κ2) is 15.7. The summed E-state index contributed by atoms with van der Waals surface area (Å²) in [4.78, 5) is 0. The van der Waals surface area contributed by atoms with E-state index in [0.29, 0.717) is 0 Å². The van der Waals surface area contributed by atoms with E-state index in [9.17, 15) is 0 Å². The third kappa shape index (κ3) is 205. The molecule has 0 aliphatic carbocycles. The predicted octanol–water partition coefficient (Wildman–Crippen LogP) is -2.06. The Morgan fingerprint density at radius 1 is 1.25 bits per heavy atom. The summed E-state index contributed by atoms with van der Waals surface area (Å²) in [5, 5.41) is 0. The van der Waals surface area contributed by atoms with Crippen molar-refractivity contribution < 1.29 is 21.7 Å². The van der Waals surface area contributed by atoms with Gasteiger partial charge in [-0.1, -0.05) is 0 Å². The summed E-state index contributed by atoms with van der Waals surface area (Å²) in [5.41, 5.74) is 0. The molecule has 0 bridgehead atoms. The second-order valence-electron chi connectivity index (χ2n) is 0.272. The molecule has 0 atom stereocenters. The van der Waals surface area contributed by atoms with Crippen LogP contribution in [0.1, 0.15) is 0 Å². The van der Waals surface area contributed by atoms with Gasteiger partial charge in [0.15, 0.2) is 0 Å². The van der Waals surface area contributed by atoms with Gasteiger partial charge in [0.1, 0.15) is 0 Å². The molecule has 0 saturated carbocycles. The molecule has 0 saturated heterocycles. The fourth-order valence-corrected chi connectivity index (χ4v) is 0. The summed E-state index contributed by atoms with van der Waals surface area (Å²) in [7, 11) is 0. The van der Waals surface area contributed by atoms with Crippen molar-refractivity contribution >= 4 is 60.7 Å². The van der Waals surface area contributed by atoms with Crippen LogP contribution in [0.3, 0.4) is 0 Å². The second-order valence-corrected chi connectivity index (χ2v) is 0.816. The summed E-state index contributed by atoms with van der Waals surface area (Å²) >= 11 is -3.86. The van der Waals surface area contributed by atoms with Crippen LogP contribution < -0.4 is 0 Å². The summed E-state index contributed by atoms with van der Waals surface area (Å²) in [6.45, 7) is 0. The van der Waals surface area contributed by atoms with Crippen LogP contribution in [0, 0.1) is 0 Å². The standard InChI is InChI=1S/Ca.H2O3S.O2S/c;1-4(2)3;1-3-2/h;(H2,1,2,3);/q+2;;/p-2. The first-order chi connectivity index (χ1) is 3.15.